The predicted octanol–water partition coefficient (Wildman–Crippen LogP) is 8.25. The van der Waals surface area contributed by atoms with E-state index in [0.717, 1.165) is 110 Å². The minimum atomic E-state index is -4.27. The zero-order valence-corrected chi connectivity index (χ0v) is 44.0. The smallest absolute Gasteiger partial charge is 0.390 e. The summed E-state index contributed by atoms with van der Waals surface area (Å²) >= 11 is 1.58. The molecule has 5 heterocycles. The van der Waals surface area contributed by atoms with Crippen LogP contribution >= 0.6 is 11.3 Å². The van der Waals surface area contributed by atoms with E-state index in [1.54, 1.807) is 17.5 Å². The predicted molar refractivity (Wildman–Crippen MR) is 282 cm³/mol. The summed E-state index contributed by atoms with van der Waals surface area (Å²) in [6.45, 7) is 13.4. The van der Waals surface area contributed by atoms with Crippen molar-refractivity contribution in [3.63, 3.8) is 0 Å². The van der Waals surface area contributed by atoms with Crippen molar-refractivity contribution >= 4 is 46.0 Å². The molecular formula is C55H73F3N10O5S. The molecule has 3 atom stereocenters. The van der Waals surface area contributed by atoms with E-state index in [1.165, 1.54) is 10.5 Å². The summed E-state index contributed by atoms with van der Waals surface area (Å²) in [5, 5.41) is 30.3. The number of piperazine rings is 1. The number of unbranched alkanes of at least 4 members (excludes halogenated alkanes) is 3. The lowest BCUT2D eigenvalue weighted by molar-refractivity contribution is -0.144. The van der Waals surface area contributed by atoms with Gasteiger partial charge in [0.15, 0.2) is 0 Å². The second kappa shape index (κ2) is 24.5. The maximum Gasteiger partial charge on any atom is 0.390 e. The first-order valence-electron chi connectivity index (χ1n) is 26.3. The number of aromatic nitrogens is 4. The number of nitrogens with zero attached hydrogens (tertiary/aromatic N) is 7. The number of rotatable bonds is 20. The van der Waals surface area contributed by atoms with E-state index in [9.17, 15) is 37.8 Å². The summed E-state index contributed by atoms with van der Waals surface area (Å²) < 4.78 is 40.6. The van der Waals surface area contributed by atoms with Crippen LogP contribution in [0.3, 0.4) is 0 Å². The van der Waals surface area contributed by atoms with Crippen molar-refractivity contribution in [1.29, 1.82) is 0 Å². The van der Waals surface area contributed by atoms with Crippen molar-refractivity contribution in [2.75, 3.05) is 51.1 Å². The van der Waals surface area contributed by atoms with Crippen molar-refractivity contribution in [3.8, 4) is 21.6 Å². The summed E-state index contributed by atoms with van der Waals surface area (Å²) in [5.41, 5.74) is 7.99. The number of anilines is 1. The summed E-state index contributed by atoms with van der Waals surface area (Å²) in [7, 11) is 0. The first kappa shape index (κ1) is 54.8. The van der Waals surface area contributed by atoms with Gasteiger partial charge in [0.25, 0.3) is 0 Å². The average molecular weight is 1040 g/mol. The number of amides is 3. The van der Waals surface area contributed by atoms with Crippen LogP contribution in [0.1, 0.15) is 114 Å². The van der Waals surface area contributed by atoms with Crippen LogP contribution in [0.2, 0.25) is 0 Å². The van der Waals surface area contributed by atoms with Crippen molar-refractivity contribution in [1.82, 2.24) is 44.9 Å². The molecule has 8 rings (SSSR count). The van der Waals surface area contributed by atoms with Crippen molar-refractivity contribution in [2.24, 2.45) is 5.41 Å². The molecule has 3 aliphatic rings. The van der Waals surface area contributed by atoms with Crippen LogP contribution in [-0.4, -0.2) is 138 Å². The minimum Gasteiger partial charge on any atom is -0.393 e. The van der Waals surface area contributed by atoms with Gasteiger partial charge in [0.2, 0.25) is 23.7 Å². The van der Waals surface area contributed by atoms with Crippen LogP contribution < -0.4 is 16.0 Å². The number of benzene rings is 2. The number of likely N-dealkylation sites (tertiary alicyclic amines) is 1. The molecule has 3 aromatic heterocycles. The lowest BCUT2D eigenvalue weighted by atomic mass is 9.85. The summed E-state index contributed by atoms with van der Waals surface area (Å²) in [4.78, 5) is 61.8. The second-order valence-corrected chi connectivity index (χ2v) is 22.4. The van der Waals surface area contributed by atoms with E-state index in [-0.39, 0.29) is 61.9 Å². The highest BCUT2D eigenvalue weighted by Crippen LogP contribution is 2.37. The Hall–Kier alpha value is -5.47. The van der Waals surface area contributed by atoms with Crippen molar-refractivity contribution in [3.05, 3.63) is 83.3 Å². The molecule has 3 amide bonds. The number of hydrogen-bond donors (Lipinski definition) is 5. The SMILES string of the molecule is Cc1ncsc1-c1ccc(CNC(=O)[C@@H]2C[C@@H](O)CN2C(=O)[C@@H](NC(=O)CCCCCCN2CCN(Cc3ccc(-c4cn([C@H]5CC[C@H](O)CC5)c5nc(NCCC(F)(F)F)ncc45)cc3)CC2)C(C)(C)C)cc1. The molecule has 5 aromatic rings. The fraction of sp³-hybridized carbons (Fsp3) is 0.564. The molecule has 1 saturated carbocycles. The quantitative estimate of drug-likeness (QED) is 0.0474. The Balaban J connectivity index is 0.745. The third-order valence-electron chi connectivity index (χ3n) is 14.8. The maximum absolute atomic E-state index is 14.1. The van der Waals surface area contributed by atoms with Gasteiger partial charge >= 0.3 is 6.18 Å². The first-order chi connectivity index (χ1) is 35.4. The topological polar surface area (TPSA) is 181 Å². The normalized spacial score (nSPS) is 20.5. The first-order valence-corrected chi connectivity index (χ1v) is 27.2. The van der Waals surface area contributed by atoms with Crippen LogP contribution in [0.5, 0.6) is 0 Å². The Bertz CT molecular complexity index is 2660. The molecular weight excluding hydrogens is 970 g/mol. The number of nitrogens with one attached hydrogen (secondary N) is 3. The molecule has 1 aliphatic carbocycles. The molecule has 5 N–H and O–H groups in total. The minimum absolute atomic E-state index is 0.0257. The summed E-state index contributed by atoms with van der Waals surface area (Å²) in [6, 6.07) is 14.9. The highest BCUT2D eigenvalue weighted by Gasteiger charge is 2.44. The monoisotopic (exact) mass is 1040 g/mol. The molecule has 2 saturated heterocycles. The van der Waals surface area contributed by atoms with Gasteiger partial charge < -0.3 is 40.5 Å². The Kier molecular flexibility index (Phi) is 18.1. The van der Waals surface area contributed by atoms with Crippen LogP contribution in [0.25, 0.3) is 32.6 Å². The number of carbonyl (C=O) groups is 3. The molecule has 3 fully saturated rings. The lowest BCUT2D eigenvalue weighted by Gasteiger charge is -2.35. The Morgan fingerprint density at radius 2 is 1.51 bits per heavy atom. The van der Waals surface area contributed by atoms with Gasteiger partial charge in [-0.15, -0.1) is 11.3 Å². The highest BCUT2D eigenvalue weighted by atomic mass is 32.1. The van der Waals surface area contributed by atoms with Gasteiger partial charge in [-0.2, -0.15) is 18.2 Å². The fourth-order valence-corrected chi connectivity index (χ4v) is 11.3. The van der Waals surface area contributed by atoms with Gasteiger partial charge in [0.1, 0.15) is 17.7 Å². The zero-order valence-electron chi connectivity index (χ0n) is 43.2. The van der Waals surface area contributed by atoms with Crippen molar-refractivity contribution in [2.45, 2.75) is 148 Å². The number of fused-ring (bicyclic) bond motifs is 1. The van der Waals surface area contributed by atoms with Gasteiger partial charge in [-0.1, -0.05) is 82.1 Å². The average Bonchev–Trinajstić information content (AvgIpc) is 4.10. The van der Waals surface area contributed by atoms with Crippen molar-refractivity contribution < 1.29 is 37.8 Å². The van der Waals surface area contributed by atoms with E-state index in [2.05, 4.69) is 75.7 Å². The van der Waals surface area contributed by atoms with E-state index >= 15 is 0 Å². The number of aliphatic hydroxyl groups is 2. The van der Waals surface area contributed by atoms with Crippen LogP contribution in [0, 0.1) is 12.3 Å². The van der Waals surface area contributed by atoms with Gasteiger partial charge in [-0.3, -0.25) is 19.3 Å². The summed E-state index contributed by atoms with van der Waals surface area (Å²) in [5.74, 6) is -0.737. The van der Waals surface area contributed by atoms with E-state index < -0.39 is 36.2 Å². The number of β-amino-alcohol motifs (C(OH)–C–C–N with tert-alkyl or cyclic N) is 1. The number of aryl methyl sites for hydroxylation is 1. The number of thiazole rings is 1. The van der Waals surface area contributed by atoms with E-state index in [4.69, 9.17) is 0 Å². The molecule has 2 aliphatic heterocycles. The number of halogens is 3. The molecule has 74 heavy (non-hydrogen) atoms. The Morgan fingerprint density at radius 1 is 0.838 bits per heavy atom. The van der Waals surface area contributed by atoms with Gasteiger partial charge in [0, 0.05) is 94.6 Å². The third kappa shape index (κ3) is 14.5. The van der Waals surface area contributed by atoms with Gasteiger partial charge in [0.05, 0.1) is 34.7 Å². The highest BCUT2D eigenvalue weighted by molar-refractivity contribution is 7.13. The van der Waals surface area contributed by atoms with E-state index in [1.807, 2.05) is 57.5 Å². The maximum atomic E-state index is 14.1. The standard InChI is InChI=1S/C55H73F3N10O5S/c1-36-48(74-35-62-36)40-16-10-37(11-17-40)30-60-51(72)46-29-43(70)33-68(46)52(73)49(54(2,3)4)63-47(71)9-7-5-6-8-24-65-25-27-66(28-26-65)32-38-12-14-39(15-13-38)45-34-67(41-18-20-42(69)21-19-41)50-44(45)31-61-53(64-50)59-23-22-55(56,57)58/h10-17,31,34-35,41-43,46,49,69-70H,5-9,18-30,32-33H2,1-4H3,(H,60,72)(H,63,71)(H,59,61,64)/t41-,42-,43-,46+,49-/m1/s1. The molecule has 400 valence electrons. The molecule has 19 heteroatoms. The van der Waals surface area contributed by atoms with Crippen LogP contribution in [0.15, 0.2) is 66.4 Å². The third-order valence-corrected chi connectivity index (χ3v) is 15.8. The molecule has 2 aromatic carbocycles. The number of carbonyl (C=O) groups excluding carboxylic acids is 3. The van der Waals surface area contributed by atoms with Crippen LogP contribution in [-0.2, 0) is 27.5 Å². The Labute approximate surface area is 436 Å². The fourth-order valence-electron chi connectivity index (χ4n) is 10.5. The molecule has 0 radical (unpaired) electrons. The number of alkyl halides is 3. The number of aliphatic hydroxyl groups excluding tert-OH is 2. The Morgan fingerprint density at radius 3 is 2.19 bits per heavy atom. The molecule has 15 nitrogen and oxygen atoms in total. The second-order valence-electron chi connectivity index (χ2n) is 21.6. The van der Waals surface area contributed by atoms with Gasteiger partial charge in [-0.05, 0) is 79.7 Å². The zero-order chi connectivity index (χ0) is 52.6. The van der Waals surface area contributed by atoms with Crippen LogP contribution in [0.4, 0.5) is 19.1 Å². The largest absolute Gasteiger partial charge is 0.393 e. The number of hydrogen-bond acceptors (Lipinski definition) is 12. The van der Waals surface area contributed by atoms with E-state index in [0.29, 0.717) is 31.3 Å². The molecule has 0 spiro atoms. The molecule has 0 bridgehead atoms. The van der Waals surface area contributed by atoms with Gasteiger partial charge in [-0.25, -0.2) is 9.97 Å². The lowest BCUT2D eigenvalue weighted by Crippen LogP contribution is -2.57. The molecule has 0 unspecified atom stereocenters. The summed E-state index contributed by atoms with van der Waals surface area (Å²) in [6.07, 6.45) is 4.36.